The van der Waals surface area contributed by atoms with Crippen LogP contribution in [0.1, 0.15) is 17.2 Å². The molecule has 3 N–H and O–H groups in total. The minimum atomic E-state index is -0.261. The number of aromatic nitrogens is 2. The van der Waals surface area contributed by atoms with E-state index >= 15 is 0 Å². The fourth-order valence-electron chi connectivity index (χ4n) is 2.60. The predicted octanol–water partition coefficient (Wildman–Crippen LogP) is 3.32. The zero-order chi connectivity index (χ0) is 16.2. The molecular weight excluding hydrogens is 293 g/mol. The largest absolute Gasteiger partial charge is 0.497 e. The van der Waals surface area contributed by atoms with E-state index in [2.05, 4.69) is 10.2 Å². The summed E-state index contributed by atoms with van der Waals surface area (Å²) in [5.74, 6) is 0.273. The number of nitrogens with two attached hydrogens (primary N) is 1. The molecule has 1 atom stereocenters. The predicted molar refractivity (Wildman–Crippen MR) is 87.9 cm³/mol. The van der Waals surface area contributed by atoms with E-state index in [-0.39, 0.29) is 11.7 Å². The van der Waals surface area contributed by atoms with Crippen LogP contribution in [-0.4, -0.2) is 23.9 Å². The SMILES string of the molecule is COc1ccc(-c2cc(C(CN)c3ccccc3F)[nH]n2)cc1. The van der Waals surface area contributed by atoms with Gasteiger partial charge in [-0.15, -0.1) is 0 Å². The topological polar surface area (TPSA) is 63.9 Å². The number of ether oxygens (including phenoxy) is 1. The first kappa shape index (κ1) is 15.2. The van der Waals surface area contributed by atoms with Crippen LogP contribution in [0.2, 0.25) is 0 Å². The van der Waals surface area contributed by atoms with Crippen LogP contribution >= 0.6 is 0 Å². The summed E-state index contributed by atoms with van der Waals surface area (Å²) < 4.78 is 19.2. The highest BCUT2D eigenvalue weighted by atomic mass is 19.1. The minimum absolute atomic E-state index is 0.254. The van der Waals surface area contributed by atoms with E-state index in [4.69, 9.17) is 10.5 Å². The molecule has 5 heteroatoms. The highest BCUT2D eigenvalue weighted by Gasteiger charge is 2.19. The van der Waals surface area contributed by atoms with Crippen molar-refractivity contribution in [2.24, 2.45) is 5.73 Å². The molecule has 0 fully saturated rings. The molecule has 0 saturated heterocycles. The number of hydrogen-bond donors (Lipinski definition) is 2. The number of methoxy groups -OCH3 is 1. The number of nitrogens with zero attached hydrogens (tertiary/aromatic N) is 1. The van der Waals surface area contributed by atoms with Gasteiger partial charge in [-0.2, -0.15) is 5.10 Å². The molecule has 1 heterocycles. The van der Waals surface area contributed by atoms with E-state index in [0.29, 0.717) is 12.1 Å². The first-order valence-electron chi connectivity index (χ1n) is 7.37. The molecule has 1 aromatic heterocycles. The van der Waals surface area contributed by atoms with Crippen LogP contribution in [-0.2, 0) is 0 Å². The molecule has 3 aromatic rings. The van der Waals surface area contributed by atoms with Crippen molar-refractivity contribution >= 4 is 0 Å². The van der Waals surface area contributed by atoms with E-state index in [1.54, 1.807) is 19.2 Å². The lowest BCUT2D eigenvalue weighted by atomic mass is 9.95. The van der Waals surface area contributed by atoms with Gasteiger partial charge in [-0.25, -0.2) is 4.39 Å². The molecule has 3 rings (SSSR count). The van der Waals surface area contributed by atoms with Crippen molar-refractivity contribution in [3.8, 4) is 17.0 Å². The number of H-pyrrole nitrogens is 1. The molecule has 0 aliphatic rings. The highest BCUT2D eigenvalue weighted by Crippen LogP contribution is 2.28. The number of halogens is 1. The van der Waals surface area contributed by atoms with Gasteiger partial charge < -0.3 is 10.5 Å². The van der Waals surface area contributed by atoms with E-state index in [1.807, 2.05) is 36.4 Å². The Labute approximate surface area is 134 Å². The zero-order valence-electron chi connectivity index (χ0n) is 12.8. The smallest absolute Gasteiger partial charge is 0.127 e. The van der Waals surface area contributed by atoms with Gasteiger partial charge in [0.25, 0.3) is 0 Å². The fraction of sp³-hybridized carbons (Fsp3) is 0.167. The summed E-state index contributed by atoms with van der Waals surface area (Å²) in [6, 6.07) is 16.2. The molecule has 118 valence electrons. The van der Waals surface area contributed by atoms with Crippen molar-refractivity contribution in [1.82, 2.24) is 10.2 Å². The lowest BCUT2D eigenvalue weighted by Crippen LogP contribution is -2.15. The maximum absolute atomic E-state index is 14.0. The second kappa shape index (κ2) is 6.62. The fourth-order valence-corrected chi connectivity index (χ4v) is 2.60. The Morgan fingerprint density at radius 3 is 2.57 bits per heavy atom. The molecule has 1 unspecified atom stereocenters. The molecule has 2 aromatic carbocycles. The van der Waals surface area contributed by atoms with Crippen LogP contribution in [0.3, 0.4) is 0 Å². The van der Waals surface area contributed by atoms with Gasteiger partial charge in [-0.1, -0.05) is 18.2 Å². The van der Waals surface area contributed by atoms with Crippen LogP contribution in [0.25, 0.3) is 11.3 Å². The first-order valence-corrected chi connectivity index (χ1v) is 7.37. The number of benzene rings is 2. The van der Waals surface area contributed by atoms with E-state index in [9.17, 15) is 4.39 Å². The number of nitrogens with one attached hydrogen (secondary N) is 1. The molecule has 23 heavy (non-hydrogen) atoms. The van der Waals surface area contributed by atoms with Crippen molar-refractivity contribution in [2.75, 3.05) is 13.7 Å². The summed E-state index contributed by atoms with van der Waals surface area (Å²) in [7, 11) is 1.63. The summed E-state index contributed by atoms with van der Waals surface area (Å²) in [5, 5.41) is 7.30. The molecule has 0 bridgehead atoms. The van der Waals surface area contributed by atoms with Crippen LogP contribution in [0.4, 0.5) is 4.39 Å². The Morgan fingerprint density at radius 2 is 1.91 bits per heavy atom. The summed E-state index contributed by atoms with van der Waals surface area (Å²) in [6.45, 7) is 0.297. The van der Waals surface area contributed by atoms with Crippen molar-refractivity contribution in [2.45, 2.75) is 5.92 Å². The third-order valence-electron chi connectivity index (χ3n) is 3.88. The van der Waals surface area contributed by atoms with E-state index < -0.39 is 0 Å². The molecule has 4 nitrogen and oxygen atoms in total. The molecule has 0 spiro atoms. The molecule has 0 aliphatic carbocycles. The van der Waals surface area contributed by atoms with Gasteiger partial charge in [0, 0.05) is 23.7 Å². The van der Waals surface area contributed by atoms with Crippen molar-refractivity contribution in [3.05, 3.63) is 71.7 Å². The summed E-state index contributed by atoms with van der Waals surface area (Å²) in [6.07, 6.45) is 0. The number of aromatic amines is 1. The van der Waals surface area contributed by atoms with Gasteiger partial charge in [-0.3, -0.25) is 5.10 Å². The Balaban J connectivity index is 1.92. The van der Waals surface area contributed by atoms with Gasteiger partial charge in [-0.05, 0) is 42.0 Å². The first-order chi connectivity index (χ1) is 11.2. The van der Waals surface area contributed by atoms with Crippen LogP contribution in [0, 0.1) is 5.82 Å². The van der Waals surface area contributed by atoms with Crippen LogP contribution in [0.5, 0.6) is 5.75 Å². The van der Waals surface area contributed by atoms with Crippen molar-refractivity contribution in [3.63, 3.8) is 0 Å². The number of rotatable bonds is 5. The Morgan fingerprint density at radius 1 is 1.17 bits per heavy atom. The number of hydrogen-bond acceptors (Lipinski definition) is 3. The molecule has 0 aliphatic heterocycles. The maximum Gasteiger partial charge on any atom is 0.127 e. The summed E-state index contributed by atoms with van der Waals surface area (Å²) in [5.41, 5.74) is 8.97. The normalized spacial score (nSPS) is 12.1. The molecule has 0 amide bonds. The lowest BCUT2D eigenvalue weighted by molar-refractivity contribution is 0.415. The zero-order valence-corrected chi connectivity index (χ0v) is 12.8. The monoisotopic (exact) mass is 311 g/mol. The average molecular weight is 311 g/mol. The van der Waals surface area contributed by atoms with E-state index in [1.165, 1.54) is 6.07 Å². The standard InChI is InChI=1S/C18H18FN3O/c1-23-13-8-6-12(7-9-13)17-10-18(22-21-17)15(11-20)14-4-2-3-5-16(14)19/h2-10,15H,11,20H2,1H3,(H,21,22). The summed E-state index contributed by atoms with van der Waals surface area (Å²) >= 11 is 0. The molecule has 0 saturated carbocycles. The Bertz CT molecular complexity index is 783. The second-order valence-electron chi connectivity index (χ2n) is 5.25. The average Bonchev–Trinajstić information content (AvgIpc) is 3.07. The quantitative estimate of drug-likeness (QED) is 0.760. The molecule has 0 radical (unpaired) electrons. The third-order valence-corrected chi connectivity index (χ3v) is 3.88. The Kier molecular flexibility index (Phi) is 4.39. The van der Waals surface area contributed by atoms with Crippen molar-refractivity contribution in [1.29, 1.82) is 0 Å². The summed E-state index contributed by atoms with van der Waals surface area (Å²) in [4.78, 5) is 0. The Hall–Kier alpha value is -2.66. The van der Waals surface area contributed by atoms with Gasteiger partial charge in [0.05, 0.1) is 12.8 Å². The van der Waals surface area contributed by atoms with E-state index in [0.717, 1.165) is 22.7 Å². The lowest BCUT2D eigenvalue weighted by Gasteiger charge is -2.13. The molecular formula is C18H18FN3O. The van der Waals surface area contributed by atoms with Gasteiger partial charge in [0.15, 0.2) is 0 Å². The maximum atomic E-state index is 14.0. The van der Waals surface area contributed by atoms with Gasteiger partial charge >= 0.3 is 0 Å². The van der Waals surface area contributed by atoms with Gasteiger partial charge in [0.2, 0.25) is 0 Å². The van der Waals surface area contributed by atoms with Crippen LogP contribution < -0.4 is 10.5 Å². The third kappa shape index (κ3) is 3.10. The van der Waals surface area contributed by atoms with Crippen LogP contribution in [0.15, 0.2) is 54.6 Å². The van der Waals surface area contributed by atoms with Crippen molar-refractivity contribution < 1.29 is 9.13 Å². The minimum Gasteiger partial charge on any atom is -0.497 e. The highest BCUT2D eigenvalue weighted by molar-refractivity contribution is 5.60. The second-order valence-corrected chi connectivity index (χ2v) is 5.25. The van der Waals surface area contributed by atoms with Gasteiger partial charge in [0.1, 0.15) is 11.6 Å².